The normalized spacial score (nSPS) is 21.8. The molecule has 1 saturated heterocycles. The average molecular weight is 368 g/mol. The first-order valence-electron chi connectivity index (χ1n) is 8.02. The van der Waals surface area contributed by atoms with Gasteiger partial charge in [0, 0.05) is 29.3 Å². The molecular weight excluding hydrogens is 347 g/mol. The molecule has 1 aliphatic heterocycles. The monoisotopic (exact) mass is 368 g/mol. The zero-order valence-electron chi connectivity index (χ0n) is 13.7. The molecule has 2 rings (SSSR count). The Balaban J connectivity index is 1.92. The maximum absolute atomic E-state index is 12.5. The Labute approximate surface area is 150 Å². The van der Waals surface area contributed by atoms with Crippen molar-refractivity contribution in [3.63, 3.8) is 0 Å². The van der Waals surface area contributed by atoms with Crippen molar-refractivity contribution < 1.29 is 34.2 Å². The van der Waals surface area contributed by atoms with E-state index in [1.165, 1.54) is 17.4 Å². The van der Waals surface area contributed by atoms with Crippen LogP contribution < -0.4 is 0 Å². The third-order valence-electron chi connectivity index (χ3n) is 3.90. The molecule has 25 heavy (non-hydrogen) atoms. The summed E-state index contributed by atoms with van der Waals surface area (Å²) in [6, 6.07) is 3.64. The van der Waals surface area contributed by atoms with E-state index in [4.69, 9.17) is 19.6 Å². The van der Waals surface area contributed by atoms with Crippen LogP contribution in [-0.2, 0) is 19.0 Å². The first-order valence-corrected chi connectivity index (χ1v) is 8.90. The molecule has 1 aromatic heterocycles. The summed E-state index contributed by atoms with van der Waals surface area (Å²) in [5.74, 6) is -1.57. The molecule has 0 saturated carbocycles. The van der Waals surface area contributed by atoms with Gasteiger partial charge in [0.05, 0.1) is 25.7 Å². The second kappa shape index (κ2) is 9.84. The third-order valence-corrected chi connectivity index (χ3v) is 4.80. The van der Waals surface area contributed by atoms with Crippen molar-refractivity contribution in [3.05, 3.63) is 28.5 Å². The summed E-state index contributed by atoms with van der Waals surface area (Å²) in [5.41, 5.74) is 0.464. The number of aliphatic carboxylic acids is 1. The molecule has 2 atom stereocenters. The fraction of sp³-hybridized carbons (Fsp3) is 0.500. The summed E-state index contributed by atoms with van der Waals surface area (Å²) in [4.78, 5) is 24.0. The van der Waals surface area contributed by atoms with Crippen LogP contribution in [0.4, 0.5) is 0 Å². The van der Waals surface area contributed by atoms with E-state index in [1.54, 1.807) is 0 Å². The lowest BCUT2D eigenvalue weighted by atomic mass is 9.69. The van der Waals surface area contributed by atoms with Crippen molar-refractivity contribution in [2.24, 2.45) is 0 Å². The molecule has 0 spiro atoms. The number of Topliss-reactive ketones (excluding diaryl/α,β-unsaturated/α-hetero) is 1. The second-order valence-corrected chi connectivity index (χ2v) is 6.73. The van der Waals surface area contributed by atoms with Crippen molar-refractivity contribution in [3.8, 4) is 0 Å². The minimum absolute atomic E-state index is 0.0959. The van der Waals surface area contributed by atoms with Crippen LogP contribution in [-0.4, -0.2) is 60.0 Å². The third kappa shape index (κ3) is 6.05. The number of ketones is 1. The van der Waals surface area contributed by atoms with Gasteiger partial charge in [-0.25, -0.2) is 0 Å². The average Bonchev–Trinajstić information content (AvgIpc) is 3.02. The molecule has 0 radical (unpaired) electrons. The van der Waals surface area contributed by atoms with Crippen molar-refractivity contribution in [1.29, 1.82) is 0 Å². The van der Waals surface area contributed by atoms with Gasteiger partial charge in [-0.15, -0.1) is 11.3 Å². The second-order valence-electron chi connectivity index (χ2n) is 5.78. The van der Waals surface area contributed by atoms with Gasteiger partial charge < -0.3 is 24.6 Å². The summed E-state index contributed by atoms with van der Waals surface area (Å²) in [7, 11) is -1.17. The number of hydrogen-bond acceptors (Lipinski definition) is 7. The lowest BCUT2D eigenvalue weighted by Crippen LogP contribution is -2.31. The minimum Gasteiger partial charge on any atom is -0.481 e. The minimum atomic E-state index is -1.17. The zero-order chi connectivity index (χ0) is 18.2. The van der Waals surface area contributed by atoms with Gasteiger partial charge in [-0.2, -0.15) is 0 Å². The number of aliphatic hydroxyl groups excluding tert-OH is 1. The van der Waals surface area contributed by atoms with Crippen molar-refractivity contribution >= 4 is 35.8 Å². The highest BCUT2D eigenvalue weighted by molar-refractivity contribution is 7.11. The number of carbonyl (C=O) groups is 2. The zero-order valence-corrected chi connectivity index (χ0v) is 14.5. The van der Waals surface area contributed by atoms with Crippen molar-refractivity contribution in [2.45, 2.75) is 31.2 Å². The molecule has 0 bridgehead atoms. The number of carbonyl (C=O) groups excluding carboxylic acids is 1. The Kier molecular flexibility index (Phi) is 7.79. The molecule has 0 aromatic carbocycles. The van der Waals surface area contributed by atoms with Gasteiger partial charge in [-0.3, -0.25) is 9.59 Å². The number of ether oxygens (including phenoxy) is 1. The Hall–Kier alpha value is -1.52. The molecule has 1 fully saturated rings. The van der Waals surface area contributed by atoms with Crippen molar-refractivity contribution in [1.82, 2.24) is 0 Å². The van der Waals surface area contributed by atoms with E-state index in [0.29, 0.717) is 12.0 Å². The van der Waals surface area contributed by atoms with Crippen LogP contribution in [0.25, 0.3) is 5.57 Å². The summed E-state index contributed by atoms with van der Waals surface area (Å²) in [5, 5.41) is 29.9. The molecule has 9 heteroatoms. The molecular formula is C16H21BO7S. The standard InChI is InChI=1S/C16H21BO7S/c18-6-5-13(15-2-1-7-25-15)14(19)4-3-11-9-23-10-12(8-16(20)21)24-17(11)22/h1-2,5,7,11-12,18,22H,3-4,6,8-10H2,(H,20,21)/b13-5+/t11-,12-/m0/s1. The van der Waals surface area contributed by atoms with Crippen LogP contribution in [0.5, 0.6) is 0 Å². The number of carboxylic acid groups (broad SMARTS) is 1. The Morgan fingerprint density at radius 3 is 2.84 bits per heavy atom. The maximum Gasteiger partial charge on any atom is 0.460 e. The highest BCUT2D eigenvalue weighted by Gasteiger charge is 2.34. The maximum atomic E-state index is 12.5. The molecule has 1 aromatic rings. The van der Waals surface area contributed by atoms with Crippen LogP contribution in [0, 0.1) is 0 Å². The number of carboxylic acids is 1. The largest absolute Gasteiger partial charge is 0.481 e. The molecule has 3 N–H and O–H groups in total. The molecule has 136 valence electrons. The van der Waals surface area contributed by atoms with Crippen LogP contribution in [0.1, 0.15) is 24.1 Å². The van der Waals surface area contributed by atoms with Gasteiger partial charge in [-0.05, 0) is 23.9 Å². The Bertz CT molecular complexity index is 602. The molecule has 0 unspecified atom stereocenters. The summed E-state index contributed by atoms with van der Waals surface area (Å²) >= 11 is 1.42. The number of allylic oxidation sites excluding steroid dienone is 1. The lowest BCUT2D eigenvalue weighted by Gasteiger charge is -2.17. The fourth-order valence-corrected chi connectivity index (χ4v) is 3.42. The predicted octanol–water partition coefficient (Wildman–Crippen LogP) is 1.21. The number of hydrogen-bond donors (Lipinski definition) is 3. The van der Waals surface area contributed by atoms with E-state index in [0.717, 1.165) is 4.88 Å². The Morgan fingerprint density at radius 2 is 2.20 bits per heavy atom. The molecule has 0 aliphatic carbocycles. The summed E-state index contributed by atoms with van der Waals surface area (Å²) in [6.45, 7) is 0.0649. The summed E-state index contributed by atoms with van der Waals surface area (Å²) in [6.07, 6.45) is 1.04. The number of rotatable bonds is 8. The van der Waals surface area contributed by atoms with Crippen molar-refractivity contribution in [2.75, 3.05) is 19.8 Å². The van der Waals surface area contributed by atoms with Crippen LogP contribution in [0.2, 0.25) is 5.82 Å². The first kappa shape index (κ1) is 19.8. The van der Waals surface area contributed by atoms with E-state index in [1.807, 2.05) is 17.5 Å². The number of thiophene rings is 1. The van der Waals surface area contributed by atoms with Gasteiger partial charge >= 0.3 is 13.1 Å². The molecule has 1 aliphatic rings. The van der Waals surface area contributed by atoms with Gasteiger partial charge in [0.2, 0.25) is 0 Å². The smallest absolute Gasteiger partial charge is 0.460 e. The van der Waals surface area contributed by atoms with Crippen LogP contribution in [0.15, 0.2) is 23.6 Å². The molecule has 2 heterocycles. The fourth-order valence-electron chi connectivity index (χ4n) is 2.63. The van der Waals surface area contributed by atoms with Gasteiger partial charge in [0.15, 0.2) is 5.78 Å². The van der Waals surface area contributed by atoms with Gasteiger partial charge in [-0.1, -0.05) is 6.07 Å². The topological polar surface area (TPSA) is 113 Å². The lowest BCUT2D eigenvalue weighted by molar-refractivity contribution is -0.139. The quantitative estimate of drug-likeness (QED) is 0.467. The predicted molar refractivity (Wildman–Crippen MR) is 93.3 cm³/mol. The SMILES string of the molecule is O=C(O)C[C@H]1COC[C@H](CCC(=O)/C(=C\CO)c2cccs2)B(O)O1. The highest BCUT2D eigenvalue weighted by Crippen LogP contribution is 2.27. The molecule has 7 nitrogen and oxygen atoms in total. The highest BCUT2D eigenvalue weighted by atomic mass is 32.1. The molecule has 0 amide bonds. The van der Waals surface area contributed by atoms with Crippen LogP contribution in [0.3, 0.4) is 0 Å². The summed E-state index contributed by atoms with van der Waals surface area (Å²) < 4.78 is 10.7. The van der Waals surface area contributed by atoms with E-state index < -0.39 is 25.0 Å². The van der Waals surface area contributed by atoms with Gasteiger partial charge in [0.1, 0.15) is 0 Å². The van der Waals surface area contributed by atoms with E-state index in [-0.39, 0.29) is 38.4 Å². The van der Waals surface area contributed by atoms with E-state index in [9.17, 15) is 14.6 Å². The van der Waals surface area contributed by atoms with E-state index in [2.05, 4.69) is 0 Å². The number of aliphatic hydroxyl groups is 1. The van der Waals surface area contributed by atoms with Gasteiger partial charge in [0.25, 0.3) is 0 Å². The van der Waals surface area contributed by atoms with E-state index >= 15 is 0 Å². The first-order chi connectivity index (χ1) is 12.0. The Morgan fingerprint density at radius 1 is 1.40 bits per heavy atom. The van der Waals surface area contributed by atoms with Crippen LogP contribution >= 0.6 is 11.3 Å².